The van der Waals surface area contributed by atoms with E-state index in [0.29, 0.717) is 12.0 Å². The van der Waals surface area contributed by atoms with E-state index in [9.17, 15) is 0 Å². The quantitative estimate of drug-likeness (QED) is 0.821. The molecule has 3 heteroatoms. The van der Waals surface area contributed by atoms with Gasteiger partial charge in [0.1, 0.15) is 5.82 Å². The van der Waals surface area contributed by atoms with E-state index in [1.165, 1.54) is 36.9 Å². The maximum absolute atomic E-state index is 4.63. The van der Waals surface area contributed by atoms with Crippen molar-refractivity contribution in [1.82, 2.24) is 9.88 Å². The molecule has 1 aromatic carbocycles. The summed E-state index contributed by atoms with van der Waals surface area (Å²) in [6, 6.07) is 15.7. The second-order valence-electron chi connectivity index (χ2n) is 7.22. The molecule has 24 heavy (non-hydrogen) atoms. The molecule has 2 heterocycles. The van der Waals surface area contributed by atoms with Crippen LogP contribution >= 0.6 is 0 Å². The van der Waals surface area contributed by atoms with Gasteiger partial charge in [-0.15, -0.1) is 0 Å². The van der Waals surface area contributed by atoms with E-state index in [4.69, 9.17) is 0 Å². The van der Waals surface area contributed by atoms with Crippen molar-refractivity contribution < 1.29 is 0 Å². The second kappa shape index (κ2) is 8.29. The van der Waals surface area contributed by atoms with Crippen LogP contribution in [0.1, 0.15) is 50.3 Å². The molecule has 0 unspecified atom stereocenters. The van der Waals surface area contributed by atoms with Crippen LogP contribution in [0.4, 0.5) is 5.82 Å². The van der Waals surface area contributed by atoms with Gasteiger partial charge in [-0.1, -0.05) is 56.7 Å². The van der Waals surface area contributed by atoms with Crippen molar-refractivity contribution in [2.45, 2.75) is 45.7 Å². The Hall–Kier alpha value is -1.87. The van der Waals surface area contributed by atoms with Crippen LogP contribution in [0.2, 0.25) is 0 Å². The van der Waals surface area contributed by atoms with Crippen LogP contribution in [0.3, 0.4) is 0 Å². The first-order chi connectivity index (χ1) is 11.7. The minimum Gasteiger partial charge on any atom is -0.370 e. The zero-order valence-electron chi connectivity index (χ0n) is 14.9. The lowest BCUT2D eigenvalue weighted by Crippen LogP contribution is -2.33. The van der Waals surface area contributed by atoms with Gasteiger partial charge in [-0.05, 0) is 42.5 Å². The number of anilines is 1. The van der Waals surface area contributed by atoms with Crippen molar-refractivity contribution in [3.63, 3.8) is 0 Å². The van der Waals surface area contributed by atoms with Gasteiger partial charge in [-0.2, -0.15) is 0 Å². The molecule has 1 atom stereocenters. The molecule has 1 aliphatic heterocycles. The molecule has 1 aliphatic rings. The highest BCUT2D eigenvalue weighted by molar-refractivity contribution is 5.36. The van der Waals surface area contributed by atoms with Crippen molar-refractivity contribution in [3.8, 4) is 0 Å². The molecule has 1 saturated heterocycles. The number of hydrogen-bond donors (Lipinski definition) is 1. The average Bonchev–Trinajstić information content (AvgIpc) is 2.62. The van der Waals surface area contributed by atoms with Crippen LogP contribution in [-0.2, 0) is 6.54 Å². The molecule has 3 nitrogen and oxygen atoms in total. The standard InChI is InChI=1S/C21H29N3/c1-17(2)14-22-21-12-11-19(15-23-21)20-10-6-7-13-24(20)16-18-8-4-3-5-9-18/h3-5,8-9,11-12,15,17,20H,6-7,10,13-14,16H2,1-2H3,(H,22,23)/t20-/m1/s1. The van der Waals surface area contributed by atoms with Crippen LogP contribution in [0.25, 0.3) is 0 Å². The summed E-state index contributed by atoms with van der Waals surface area (Å²) in [5.74, 6) is 1.61. The molecule has 0 saturated carbocycles. The Morgan fingerprint density at radius 1 is 1.12 bits per heavy atom. The number of benzene rings is 1. The van der Waals surface area contributed by atoms with Gasteiger partial charge < -0.3 is 5.32 Å². The van der Waals surface area contributed by atoms with E-state index in [-0.39, 0.29) is 0 Å². The van der Waals surface area contributed by atoms with E-state index in [1.807, 2.05) is 0 Å². The Bertz CT molecular complexity index is 607. The highest BCUT2D eigenvalue weighted by Gasteiger charge is 2.24. The fourth-order valence-corrected chi connectivity index (χ4v) is 3.39. The van der Waals surface area contributed by atoms with Crippen LogP contribution < -0.4 is 5.32 Å². The zero-order chi connectivity index (χ0) is 16.8. The summed E-state index contributed by atoms with van der Waals surface area (Å²) < 4.78 is 0. The maximum atomic E-state index is 4.63. The lowest BCUT2D eigenvalue weighted by atomic mass is 9.95. The molecular formula is C21H29N3. The first-order valence-electron chi connectivity index (χ1n) is 9.20. The van der Waals surface area contributed by atoms with Crippen molar-refractivity contribution in [1.29, 1.82) is 0 Å². The minimum atomic E-state index is 0.491. The Morgan fingerprint density at radius 2 is 1.96 bits per heavy atom. The summed E-state index contributed by atoms with van der Waals surface area (Å²) in [6.07, 6.45) is 5.90. The number of likely N-dealkylation sites (tertiary alicyclic amines) is 1. The van der Waals surface area contributed by atoms with Crippen LogP contribution in [-0.4, -0.2) is 23.0 Å². The molecular weight excluding hydrogens is 294 g/mol. The summed E-state index contributed by atoms with van der Waals surface area (Å²) in [7, 11) is 0. The molecule has 128 valence electrons. The highest BCUT2D eigenvalue weighted by atomic mass is 15.2. The highest BCUT2D eigenvalue weighted by Crippen LogP contribution is 2.32. The molecule has 0 amide bonds. The zero-order valence-corrected chi connectivity index (χ0v) is 14.9. The monoisotopic (exact) mass is 323 g/mol. The van der Waals surface area contributed by atoms with E-state index in [1.54, 1.807) is 0 Å². The van der Waals surface area contributed by atoms with E-state index >= 15 is 0 Å². The number of nitrogens with zero attached hydrogens (tertiary/aromatic N) is 2. The van der Waals surface area contributed by atoms with Gasteiger partial charge in [0.05, 0.1) is 0 Å². The molecule has 0 radical (unpaired) electrons. The number of pyridine rings is 1. The van der Waals surface area contributed by atoms with E-state index in [2.05, 4.69) is 77.7 Å². The Morgan fingerprint density at radius 3 is 2.67 bits per heavy atom. The minimum absolute atomic E-state index is 0.491. The number of rotatable bonds is 6. The van der Waals surface area contributed by atoms with Crippen molar-refractivity contribution in [3.05, 3.63) is 59.8 Å². The van der Waals surface area contributed by atoms with Gasteiger partial charge in [0.15, 0.2) is 0 Å². The van der Waals surface area contributed by atoms with Gasteiger partial charge in [0.25, 0.3) is 0 Å². The smallest absolute Gasteiger partial charge is 0.125 e. The molecule has 1 N–H and O–H groups in total. The number of nitrogens with one attached hydrogen (secondary N) is 1. The third-order valence-electron chi connectivity index (χ3n) is 4.70. The van der Waals surface area contributed by atoms with E-state index < -0.39 is 0 Å². The summed E-state index contributed by atoms with van der Waals surface area (Å²) in [5.41, 5.74) is 2.74. The second-order valence-corrected chi connectivity index (χ2v) is 7.22. The van der Waals surface area contributed by atoms with Gasteiger partial charge in [0, 0.05) is 25.3 Å². The van der Waals surface area contributed by atoms with E-state index in [0.717, 1.165) is 18.9 Å². The van der Waals surface area contributed by atoms with Crippen molar-refractivity contribution in [2.75, 3.05) is 18.4 Å². The largest absolute Gasteiger partial charge is 0.370 e. The van der Waals surface area contributed by atoms with Crippen LogP contribution in [0.15, 0.2) is 48.7 Å². The van der Waals surface area contributed by atoms with Crippen molar-refractivity contribution in [2.24, 2.45) is 5.92 Å². The SMILES string of the molecule is CC(C)CNc1ccc([C@H]2CCCCN2Cc2ccccc2)cn1. The first-order valence-corrected chi connectivity index (χ1v) is 9.20. The third-order valence-corrected chi connectivity index (χ3v) is 4.70. The Kier molecular flexibility index (Phi) is 5.86. The predicted molar refractivity (Wildman–Crippen MR) is 101 cm³/mol. The summed E-state index contributed by atoms with van der Waals surface area (Å²) in [5, 5.41) is 3.40. The number of piperidine rings is 1. The Labute approximate surface area is 146 Å². The number of hydrogen-bond acceptors (Lipinski definition) is 3. The fourth-order valence-electron chi connectivity index (χ4n) is 3.39. The summed E-state index contributed by atoms with van der Waals surface area (Å²) in [4.78, 5) is 7.24. The summed E-state index contributed by atoms with van der Waals surface area (Å²) in [6.45, 7) is 7.59. The van der Waals surface area contributed by atoms with Crippen LogP contribution in [0, 0.1) is 5.92 Å². The molecule has 1 fully saturated rings. The van der Waals surface area contributed by atoms with Gasteiger partial charge >= 0.3 is 0 Å². The fraction of sp³-hybridized carbons (Fsp3) is 0.476. The lowest BCUT2D eigenvalue weighted by molar-refractivity contribution is 0.140. The molecule has 1 aromatic heterocycles. The third kappa shape index (κ3) is 4.57. The molecule has 0 bridgehead atoms. The first kappa shape index (κ1) is 17.0. The maximum Gasteiger partial charge on any atom is 0.125 e. The molecule has 3 rings (SSSR count). The van der Waals surface area contributed by atoms with Crippen molar-refractivity contribution >= 4 is 5.82 Å². The van der Waals surface area contributed by atoms with Gasteiger partial charge in [-0.25, -0.2) is 4.98 Å². The average molecular weight is 323 g/mol. The topological polar surface area (TPSA) is 28.2 Å². The van der Waals surface area contributed by atoms with Crippen LogP contribution in [0.5, 0.6) is 0 Å². The lowest BCUT2D eigenvalue weighted by Gasteiger charge is -2.36. The Balaban J connectivity index is 1.68. The molecule has 0 spiro atoms. The predicted octanol–water partition coefficient (Wildman–Crippen LogP) is 4.88. The van der Waals surface area contributed by atoms with Gasteiger partial charge in [0.2, 0.25) is 0 Å². The molecule has 0 aliphatic carbocycles. The number of aromatic nitrogens is 1. The normalized spacial score (nSPS) is 18.7. The molecule has 2 aromatic rings. The van der Waals surface area contributed by atoms with Gasteiger partial charge in [-0.3, -0.25) is 4.90 Å². The summed E-state index contributed by atoms with van der Waals surface area (Å²) >= 11 is 0.